The number of nitrogens with zero attached hydrogens (tertiary/aromatic N) is 1. The number of benzene rings is 1. The van der Waals surface area contributed by atoms with Crippen molar-refractivity contribution >= 4 is 27.4 Å². The van der Waals surface area contributed by atoms with E-state index >= 15 is 0 Å². The Bertz CT molecular complexity index is 687. The highest BCUT2D eigenvalue weighted by Crippen LogP contribution is 2.38. The van der Waals surface area contributed by atoms with Gasteiger partial charge in [-0.3, -0.25) is 4.31 Å². The molecule has 23 heavy (non-hydrogen) atoms. The topological polar surface area (TPSA) is 84.9 Å². The molecule has 0 aliphatic carbocycles. The van der Waals surface area contributed by atoms with E-state index in [9.17, 15) is 13.2 Å². The molecule has 0 aromatic heterocycles. The summed E-state index contributed by atoms with van der Waals surface area (Å²) in [4.78, 5) is 12.0. The molecule has 7 nitrogen and oxygen atoms in total. The molecule has 0 spiro atoms. The third kappa shape index (κ3) is 3.52. The van der Waals surface area contributed by atoms with Crippen LogP contribution in [0.15, 0.2) is 12.1 Å². The molecule has 8 heteroatoms. The van der Waals surface area contributed by atoms with E-state index in [2.05, 4.69) is 5.32 Å². The Balaban J connectivity index is 2.64. The second-order valence-electron chi connectivity index (χ2n) is 5.19. The van der Waals surface area contributed by atoms with E-state index in [1.54, 1.807) is 12.1 Å². The van der Waals surface area contributed by atoms with Crippen LogP contribution in [0.25, 0.3) is 0 Å². The summed E-state index contributed by atoms with van der Waals surface area (Å²) in [5.41, 5.74) is 1.21. The van der Waals surface area contributed by atoms with Crippen LogP contribution in [0.2, 0.25) is 0 Å². The molecule has 1 aromatic rings. The predicted octanol–water partition coefficient (Wildman–Crippen LogP) is 1.84. The molecule has 0 radical (unpaired) electrons. The Morgan fingerprint density at radius 3 is 2.61 bits per heavy atom. The minimum absolute atomic E-state index is 0.0924. The Hall–Kier alpha value is -1.96. The van der Waals surface area contributed by atoms with Crippen LogP contribution in [-0.4, -0.2) is 47.4 Å². The van der Waals surface area contributed by atoms with Crippen LogP contribution in [0, 0.1) is 0 Å². The van der Waals surface area contributed by atoms with Gasteiger partial charge in [0.05, 0.1) is 25.7 Å². The number of carbonyl (C=O) groups is 1. The zero-order valence-electron chi connectivity index (χ0n) is 13.6. The Morgan fingerprint density at radius 2 is 2.04 bits per heavy atom. The molecule has 1 aromatic carbocycles. The van der Waals surface area contributed by atoms with E-state index in [1.165, 1.54) is 18.5 Å². The lowest BCUT2D eigenvalue weighted by Gasteiger charge is -2.30. The molecule has 0 amide bonds. The van der Waals surface area contributed by atoms with Crippen LogP contribution in [0.3, 0.4) is 0 Å². The Kier molecular flexibility index (Phi) is 5.35. The van der Waals surface area contributed by atoms with E-state index in [4.69, 9.17) is 9.47 Å². The molecule has 1 aliphatic rings. The summed E-state index contributed by atoms with van der Waals surface area (Å²) in [7, 11) is -0.728. The van der Waals surface area contributed by atoms with Gasteiger partial charge in [-0.1, -0.05) is 0 Å². The predicted molar refractivity (Wildman–Crippen MR) is 88.9 cm³/mol. The molecule has 1 saturated heterocycles. The number of sulfonamides is 1. The lowest BCUT2D eigenvalue weighted by Crippen LogP contribution is -2.38. The fourth-order valence-corrected chi connectivity index (χ4v) is 4.27. The first kappa shape index (κ1) is 17.4. The maximum atomic E-state index is 12.4. The van der Waals surface area contributed by atoms with Gasteiger partial charge < -0.3 is 14.8 Å². The average molecular weight is 342 g/mol. The number of methoxy groups -OCH3 is 2. The zero-order valence-corrected chi connectivity index (χ0v) is 14.4. The first-order chi connectivity index (χ1) is 10.9. The van der Waals surface area contributed by atoms with Crippen LogP contribution in [-0.2, 0) is 14.8 Å². The van der Waals surface area contributed by atoms with E-state index in [1.807, 2.05) is 6.92 Å². The fourth-order valence-electron chi connectivity index (χ4n) is 2.64. The minimum Gasteiger partial charge on any atom is -0.494 e. The van der Waals surface area contributed by atoms with Gasteiger partial charge in [-0.2, -0.15) is 0 Å². The smallest absolute Gasteiger partial charge is 0.341 e. The van der Waals surface area contributed by atoms with E-state index in [0.717, 1.165) is 6.42 Å². The summed E-state index contributed by atoms with van der Waals surface area (Å²) >= 11 is 0. The van der Waals surface area contributed by atoms with Crippen LogP contribution in [0.4, 0.5) is 11.4 Å². The lowest BCUT2D eigenvalue weighted by atomic mass is 10.1. The van der Waals surface area contributed by atoms with Gasteiger partial charge in [0.15, 0.2) is 5.75 Å². The van der Waals surface area contributed by atoms with Crippen molar-refractivity contribution in [2.24, 2.45) is 0 Å². The maximum absolute atomic E-state index is 12.4. The maximum Gasteiger partial charge on any atom is 0.341 e. The number of nitrogens with one attached hydrogen (secondary N) is 1. The quantitative estimate of drug-likeness (QED) is 0.822. The second-order valence-corrected chi connectivity index (χ2v) is 7.21. The number of esters is 1. The van der Waals surface area contributed by atoms with Crippen molar-refractivity contribution in [1.29, 1.82) is 0 Å². The molecule has 2 rings (SSSR count). The standard InChI is InChI=1S/C15H22N2O5S/c1-4-16-11-9-12(15(18)22-3)14(21-2)13(10-11)17-7-5-6-8-23(17,19)20/h9-10,16H,4-8H2,1-3H3. The van der Waals surface area contributed by atoms with Crippen molar-refractivity contribution < 1.29 is 22.7 Å². The molecule has 0 unspecified atom stereocenters. The summed E-state index contributed by atoms with van der Waals surface area (Å²) in [6.07, 6.45) is 1.40. The third-order valence-corrected chi connectivity index (χ3v) is 5.53. The summed E-state index contributed by atoms with van der Waals surface area (Å²) < 4.78 is 36.3. The van der Waals surface area contributed by atoms with Crippen molar-refractivity contribution in [2.45, 2.75) is 19.8 Å². The monoisotopic (exact) mass is 342 g/mol. The fraction of sp³-hybridized carbons (Fsp3) is 0.533. The molecule has 1 heterocycles. The summed E-state index contributed by atoms with van der Waals surface area (Å²) in [5.74, 6) is -0.268. The van der Waals surface area contributed by atoms with Gasteiger partial charge in [-0.15, -0.1) is 0 Å². The number of ether oxygens (including phenoxy) is 2. The van der Waals surface area contributed by atoms with Gasteiger partial charge in [-0.25, -0.2) is 13.2 Å². The number of hydrogen-bond acceptors (Lipinski definition) is 6. The van der Waals surface area contributed by atoms with Gasteiger partial charge in [0.25, 0.3) is 0 Å². The Morgan fingerprint density at radius 1 is 1.30 bits per heavy atom. The minimum atomic E-state index is -3.42. The number of anilines is 2. The molecular weight excluding hydrogens is 320 g/mol. The summed E-state index contributed by atoms with van der Waals surface area (Å²) in [5, 5.41) is 3.10. The van der Waals surface area contributed by atoms with Gasteiger partial charge >= 0.3 is 5.97 Å². The van der Waals surface area contributed by atoms with Crippen LogP contribution in [0.1, 0.15) is 30.1 Å². The summed E-state index contributed by atoms with van der Waals surface area (Å²) in [6.45, 7) is 2.92. The van der Waals surface area contributed by atoms with Gasteiger partial charge in [0.2, 0.25) is 10.0 Å². The zero-order chi connectivity index (χ0) is 17.0. The SMILES string of the molecule is CCNc1cc(C(=O)OC)c(OC)c(N2CCCCS2(=O)=O)c1. The number of carbonyl (C=O) groups excluding carboxylic acids is 1. The third-order valence-electron chi connectivity index (χ3n) is 3.68. The van der Waals surface area contributed by atoms with Gasteiger partial charge in [0.1, 0.15) is 5.56 Å². The highest BCUT2D eigenvalue weighted by molar-refractivity contribution is 7.92. The van der Waals surface area contributed by atoms with Gasteiger partial charge in [0, 0.05) is 18.8 Å². The largest absolute Gasteiger partial charge is 0.494 e. The highest BCUT2D eigenvalue weighted by atomic mass is 32.2. The highest BCUT2D eigenvalue weighted by Gasteiger charge is 2.31. The molecular formula is C15H22N2O5S. The average Bonchev–Trinajstić information content (AvgIpc) is 2.53. The first-order valence-electron chi connectivity index (χ1n) is 7.49. The lowest BCUT2D eigenvalue weighted by molar-refractivity contribution is 0.0597. The number of rotatable bonds is 5. The molecule has 1 fully saturated rings. The molecule has 1 aliphatic heterocycles. The van der Waals surface area contributed by atoms with E-state index < -0.39 is 16.0 Å². The first-order valence-corrected chi connectivity index (χ1v) is 9.10. The molecule has 1 N–H and O–H groups in total. The molecule has 0 bridgehead atoms. The van der Waals surface area contributed by atoms with Crippen molar-refractivity contribution in [3.63, 3.8) is 0 Å². The molecule has 128 valence electrons. The van der Waals surface area contributed by atoms with Gasteiger partial charge in [-0.05, 0) is 31.9 Å². The molecule has 0 atom stereocenters. The van der Waals surface area contributed by atoms with Crippen LogP contribution < -0.4 is 14.4 Å². The van der Waals surface area contributed by atoms with Crippen LogP contribution in [0.5, 0.6) is 5.75 Å². The van der Waals surface area contributed by atoms with Crippen molar-refractivity contribution in [3.05, 3.63) is 17.7 Å². The normalized spacial score (nSPS) is 16.7. The second kappa shape index (κ2) is 7.08. The van der Waals surface area contributed by atoms with Crippen molar-refractivity contribution in [2.75, 3.05) is 42.7 Å². The molecule has 0 saturated carbocycles. The Labute approximate surface area is 136 Å². The van der Waals surface area contributed by atoms with Crippen molar-refractivity contribution in [1.82, 2.24) is 0 Å². The van der Waals surface area contributed by atoms with Crippen molar-refractivity contribution in [3.8, 4) is 5.75 Å². The van der Waals surface area contributed by atoms with E-state index in [0.29, 0.717) is 30.9 Å². The van der Waals surface area contributed by atoms with E-state index in [-0.39, 0.29) is 17.1 Å². The number of hydrogen-bond donors (Lipinski definition) is 1. The summed E-state index contributed by atoms with van der Waals surface area (Å²) in [6, 6.07) is 3.30. The van der Waals surface area contributed by atoms with Crippen LogP contribution >= 0.6 is 0 Å².